The van der Waals surface area contributed by atoms with E-state index in [1.807, 2.05) is 26.0 Å². The van der Waals surface area contributed by atoms with Crippen molar-refractivity contribution in [1.82, 2.24) is 5.43 Å². The number of benzene rings is 1. The van der Waals surface area contributed by atoms with Gasteiger partial charge in [0.05, 0.1) is 0 Å². The fourth-order valence-corrected chi connectivity index (χ4v) is 1.54. The van der Waals surface area contributed by atoms with E-state index in [1.165, 1.54) is 5.56 Å². The van der Waals surface area contributed by atoms with Gasteiger partial charge in [-0.15, -0.1) is 0 Å². The molecule has 94 valence electrons. The van der Waals surface area contributed by atoms with Crippen LogP contribution in [0.1, 0.15) is 32.8 Å². The average molecular weight is 234 g/mol. The Kier molecular flexibility index (Phi) is 5.49. The lowest BCUT2D eigenvalue weighted by molar-refractivity contribution is 0.819. The fraction of sp³-hybridized carbons (Fsp3) is 0.462. The summed E-state index contributed by atoms with van der Waals surface area (Å²) in [5.74, 6) is 5.99. The zero-order valence-corrected chi connectivity index (χ0v) is 10.8. The Morgan fingerprint density at radius 2 is 1.94 bits per heavy atom. The molecule has 4 nitrogen and oxygen atoms in total. The summed E-state index contributed by atoms with van der Waals surface area (Å²) in [5, 5.41) is 3.14. The molecule has 1 aromatic carbocycles. The van der Waals surface area contributed by atoms with Gasteiger partial charge in [0, 0.05) is 11.7 Å². The highest BCUT2D eigenvalue weighted by Gasteiger charge is 1.99. The van der Waals surface area contributed by atoms with E-state index in [1.54, 1.807) is 0 Å². The van der Waals surface area contributed by atoms with Crippen LogP contribution >= 0.6 is 0 Å². The van der Waals surface area contributed by atoms with Gasteiger partial charge in [0.1, 0.15) is 0 Å². The van der Waals surface area contributed by atoms with Crippen LogP contribution in [-0.4, -0.2) is 12.0 Å². The fourth-order valence-electron chi connectivity index (χ4n) is 1.54. The molecule has 1 aromatic rings. The molecule has 0 spiro atoms. The second-order valence-corrected chi connectivity index (χ2v) is 4.29. The van der Waals surface area contributed by atoms with Crippen molar-refractivity contribution >= 4 is 11.6 Å². The Hall–Kier alpha value is -1.55. The maximum Gasteiger partial charge on any atom is 0.210 e. The van der Waals surface area contributed by atoms with E-state index in [4.69, 9.17) is 5.84 Å². The van der Waals surface area contributed by atoms with E-state index >= 15 is 0 Å². The van der Waals surface area contributed by atoms with Crippen LogP contribution in [0.5, 0.6) is 0 Å². The zero-order chi connectivity index (χ0) is 12.7. The van der Waals surface area contributed by atoms with Crippen molar-refractivity contribution in [3.63, 3.8) is 0 Å². The molecule has 0 amide bonds. The van der Waals surface area contributed by atoms with Gasteiger partial charge in [0.2, 0.25) is 5.96 Å². The predicted molar refractivity (Wildman–Crippen MR) is 74.0 cm³/mol. The largest absolute Gasteiger partial charge is 0.325 e. The van der Waals surface area contributed by atoms with Gasteiger partial charge in [-0.1, -0.05) is 25.5 Å². The van der Waals surface area contributed by atoms with E-state index in [0.717, 1.165) is 18.5 Å². The van der Waals surface area contributed by atoms with Crippen molar-refractivity contribution in [2.45, 2.75) is 39.7 Å². The summed E-state index contributed by atoms with van der Waals surface area (Å²) in [7, 11) is 0. The summed E-state index contributed by atoms with van der Waals surface area (Å²) >= 11 is 0. The minimum atomic E-state index is 0.202. The van der Waals surface area contributed by atoms with Crippen molar-refractivity contribution in [3.8, 4) is 0 Å². The van der Waals surface area contributed by atoms with Gasteiger partial charge in [-0.05, 0) is 38.0 Å². The lowest BCUT2D eigenvalue weighted by atomic mass is 10.1. The SMILES string of the molecule is CCCc1ccc(NC(=NC(C)C)NN)cc1. The van der Waals surface area contributed by atoms with Crippen LogP contribution in [0.25, 0.3) is 0 Å². The summed E-state index contributed by atoms with van der Waals surface area (Å²) in [6.07, 6.45) is 2.28. The molecule has 4 heteroatoms. The number of aliphatic imine (C=N–C) groups is 1. The van der Waals surface area contributed by atoms with E-state index in [0.29, 0.717) is 5.96 Å². The summed E-state index contributed by atoms with van der Waals surface area (Å²) in [6.45, 7) is 6.19. The predicted octanol–water partition coefficient (Wildman–Crippen LogP) is 2.28. The molecule has 4 N–H and O–H groups in total. The molecule has 0 radical (unpaired) electrons. The molecule has 0 aromatic heterocycles. The number of nitrogens with two attached hydrogens (primary N) is 1. The highest BCUT2D eigenvalue weighted by molar-refractivity contribution is 5.93. The number of hydrogen-bond donors (Lipinski definition) is 3. The first-order valence-corrected chi connectivity index (χ1v) is 6.06. The number of anilines is 1. The first-order valence-electron chi connectivity index (χ1n) is 6.06. The van der Waals surface area contributed by atoms with E-state index in [-0.39, 0.29) is 6.04 Å². The molecule has 0 bridgehead atoms. The minimum Gasteiger partial charge on any atom is -0.325 e. The third kappa shape index (κ3) is 4.87. The standard InChI is InChI=1S/C13H22N4/c1-4-5-11-6-8-12(9-7-11)16-13(17-14)15-10(2)3/h6-10H,4-5,14H2,1-3H3,(H2,15,16,17). The Morgan fingerprint density at radius 3 is 2.41 bits per heavy atom. The maximum absolute atomic E-state index is 5.40. The number of aryl methyl sites for hydroxylation is 1. The quantitative estimate of drug-likeness (QED) is 0.324. The van der Waals surface area contributed by atoms with Gasteiger partial charge in [0.15, 0.2) is 0 Å². The third-order valence-electron chi connectivity index (χ3n) is 2.28. The van der Waals surface area contributed by atoms with E-state index in [2.05, 4.69) is 34.8 Å². The molecule has 0 unspecified atom stereocenters. The van der Waals surface area contributed by atoms with Crippen molar-refractivity contribution < 1.29 is 0 Å². The second kappa shape index (κ2) is 6.91. The van der Waals surface area contributed by atoms with Gasteiger partial charge in [-0.3, -0.25) is 5.43 Å². The second-order valence-electron chi connectivity index (χ2n) is 4.29. The van der Waals surface area contributed by atoms with Gasteiger partial charge in [0.25, 0.3) is 0 Å². The first-order chi connectivity index (χ1) is 8.15. The maximum atomic E-state index is 5.40. The number of guanidine groups is 1. The van der Waals surface area contributed by atoms with Crippen molar-refractivity contribution in [2.24, 2.45) is 10.8 Å². The Bertz CT molecular complexity index is 354. The molecular formula is C13H22N4. The molecule has 0 atom stereocenters. The van der Waals surface area contributed by atoms with Crippen LogP contribution in [0.3, 0.4) is 0 Å². The molecule has 1 rings (SSSR count). The van der Waals surface area contributed by atoms with Gasteiger partial charge >= 0.3 is 0 Å². The van der Waals surface area contributed by atoms with Gasteiger partial charge in [-0.2, -0.15) is 0 Å². The van der Waals surface area contributed by atoms with E-state index in [9.17, 15) is 0 Å². The highest BCUT2D eigenvalue weighted by atomic mass is 15.3. The molecule has 0 fully saturated rings. The van der Waals surface area contributed by atoms with Gasteiger partial charge < -0.3 is 5.32 Å². The lowest BCUT2D eigenvalue weighted by Crippen LogP contribution is -2.36. The smallest absolute Gasteiger partial charge is 0.210 e. The average Bonchev–Trinajstić information content (AvgIpc) is 2.30. The summed E-state index contributed by atoms with van der Waals surface area (Å²) in [6, 6.07) is 8.52. The highest BCUT2D eigenvalue weighted by Crippen LogP contribution is 2.10. The third-order valence-corrected chi connectivity index (χ3v) is 2.28. The summed E-state index contributed by atoms with van der Waals surface area (Å²) < 4.78 is 0. The molecule has 0 saturated carbocycles. The number of nitrogens with zero attached hydrogens (tertiary/aromatic N) is 1. The first kappa shape index (κ1) is 13.5. The Labute approximate surface area is 103 Å². The topological polar surface area (TPSA) is 62.4 Å². The van der Waals surface area contributed by atoms with E-state index < -0.39 is 0 Å². The van der Waals surface area contributed by atoms with Crippen LogP contribution in [0.15, 0.2) is 29.3 Å². The molecule has 0 heterocycles. The normalized spacial score (nSPS) is 11.7. The van der Waals surface area contributed by atoms with Crippen LogP contribution in [0.2, 0.25) is 0 Å². The van der Waals surface area contributed by atoms with Crippen molar-refractivity contribution in [2.75, 3.05) is 5.32 Å². The number of hydrogen-bond acceptors (Lipinski definition) is 2. The molecule has 0 aliphatic heterocycles. The molecular weight excluding hydrogens is 212 g/mol. The minimum absolute atomic E-state index is 0.202. The number of rotatable bonds is 4. The van der Waals surface area contributed by atoms with Crippen molar-refractivity contribution in [1.29, 1.82) is 0 Å². The zero-order valence-electron chi connectivity index (χ0n) is 10.8. The molecule has 0 saturated heterocycles. The van der Waals surface area contributed by atoms with Crippen molar-refractivity contribution in [3.05, 3.63) is 29.8 Å². The summed E-state index contributed by atoms with van der Waals surface area (Å²) in [4.78, 5) is 4.32. The Balaban J connectivity index is 2.67. The molecule has 0 aliphatic carbocycles. The number of nitrogens with one attached hydrogen (secondary N) is 2. The lowest BCUT2D eigenvalue weighted by Gasteiger charge is -2.10. The van der Waals surface area contributed by atoms with Crippen LogP contribution in [0.4, 0.5) is 5.69 Å². The number of hydrazine groups is 1. The Morgan fingerprint density at radius 1 is 1.29 bits per heavy atom. The molecule has 17 heavy (non-hydrogen) atoms. The van der Waals surface area contributed by atoms with Crippen LogP contribution in [-0.2, 0) is 6.42 Å². The molecule has 0 aliphatic rings. The monoisotopic (exact) mass is 234 g/mol. The van der Waals surface area contributed by atoms with Crippen LogP contribution < -0.4 is 16.6 Å². The van der Waals surface area contributed by atoms with Gasteiger partial charge in [-0.25, -0.2) is 10.8 Å². The summed E-state index contributed by atoms with van der Waals surface area (Å²) in [5.41, 5.74) is 4.90. The van der Waals surface area contributed by atoms with Crippen LogP contribution in [0, 0.1) is 0 Å².